The number of nitrogens with one attached hydrogen (secondary N) is 1. The largest absolute Gasteiger partial charge is 0.465 e. The SMILES string of the molecule is CC.CC.CC/C=C\C/C=C\C/C=C\C/C=C\C/C=C\CCCC(=O)OCC(C)(C)[C@@H](OC)C(=O)NCCC(C)=O.CCCC. The van der Waals surface area contributed by atoms with E-state index >= 15 is 0 Å². The minimum absolute atomic E-state index is 0.00652. The normalized spacial score (nSPS) is 12.0. The zero-order chi connectivity index (χ0) is 35.2. The molecule has 262 valence electrons. The molecule has 0 bridgehead atoms. The number of Topliss-reactive ketones (excluding diaryl/α,β-unsaturated/α-hetero) is 1. The Morgan fingerprint density at radius 3 is 1.56 bits per heavy atom. The summed E-state index contributed by atoms with van der Waals surface area (Å²) in [4.78, 5) is 35.6. The van der Waals surface area contributed by atoms with E-state index in [0.717, 1.165) is 38.5 Å². The molecule has 45 heavy (non-hydrogen) atoms. The third-order valence-electron chi connectivity index (χ3n) is 5.97. The van der Waals surface area contributed by atoms with Crippen LogP contribution in [0.5, 0.6) is 0 Å². The molecule has 1 amide bonds. The second-order valence-electron chi connectivity index (χ2n) is 10.6. The predicted octanol–water partition coefficient (Wildman–Crippen LogP) is 10.4. The van der Waals surface area contributed by atoms with Gasteiger partial charge in [-0.25, -0.2) is 0 Å². The van der Waals surface area contributed by atoms with E-state index in [0.29, 0.717) is 12.8 Å². The summed E-state index contributed by atoms with van der Waals surface area (Å²) in [6, 6.07) is 0. The molecule has 0 aliphatic heterocycles. The molecule has 0 saturated heterocycles. The number of unbranched alkanes of at least 4 members (excludes halogenated alkanes) is 2. The Bertz CT molecular complexity index is 819. The van der Waals surface area contributed by atoms with Gasteiger partial charge in [0.25, 0.3) is 0 Å². The third-order valence-corrected chi connectivity index (χ3v) is 5.97. The van der Waals surface area contributed by atoms with Gasteiger partial charge in [-0.1, -0.05) is 136 Å². The quantitative estimate of drug-likeness (QED) is 0.0729. The van der Waals surface area contributed by atoms with Crippen LogP contribution in [0.15, 0.2) is 60.8 Å². The zero-order valence-corrected chi connectivity index (χ0v) is 31.1. The van der Waals surface area contributed by atoms with Crippen molar-refractivity contribution in [1.82, 2.24) is 5.32 Å². The van der Waals surface area contributed by atoms with Crippen LogP contribution in [-0.4, -0.2) is 44.0 Å². The summed E-state index contributed by atoms with van der Waals surface area (Å²) in [7, 11) is 1.45. The average molecular weight is 634 g/mol. The van der Waals surface area contributed by atoms with Gasteiger partial charge in [0.1, 0.15) is 11.9 Å². The highest BCUT2D eigenvalue weighted by molar-refractivity contribution is 5.82. The van der Waals surface area contributed by atoms with Gasteiger partial charge in [-0.15, -0.1) is 0 Å². The number of carbonyl (C=O) groups is 3. The van der Waals surface area contributed by atoms with E-state index in [1.807, 2.05) is 41.5 Å². The van der Waals surface area contributed by atoms with Crippen LogP contribution in [0.3, 0.4) is 0 Å². The van der Waals surface area contributed by atoms with Crippen LogP contribution in [0.4, 0.5) is 0 Å². The maximum absolute atomic E-state index is 12.4. The molecule has 1 atom stereocenters. The number of esters is 1. The molecule has 0 fully saturated rings. The maximum Gasteiger partial charge on any atom is 0.305 e. The molecule has 0 aliphatic carbocycles. The maximum atomic E-state index is 12.4. The highest BCUT2D eigenvalue weighted by Crippen LogP contribution is 2.24. The summed E-state index contributed by atoms with van der Waals surface area (Å²) in [5.74, 6) is -0.595. The fraction of sp³-hybridized carbons (Fsp3) is 0.667. The topological polar surface area (TPSA) is 81.7 Å². The number of hydrogen-bond donors (Lipinski definition) is 1. The second-order valence-corrected chi connectivity index (χ2v) is 10.6. The molecule has 6 nitrogen and oxygen atoms in total. The van der Waals surface area contributed by atoms with E-state index in [4.69, 9.17) is 9.47 Å². The van der Waals surface area contributed by atoms with Crippen LogP contribution >= 0.6 is 0 Å². The number of amides is 1. The minimum Gasteiger partial charge on any atom is -0.465 e. The Labute approximate surface area is 278 Å². The van der Waals surface area contributed by atoms with Crippen LogP contribution in [0.2, 0.25) is 0 Å². The Kier molecular flexibility index (Phi) is 42.9. The predicted molar refractivity (Wildman–Crippen MR) is 195 cm³/mol. The molecule has 6 heteroatoms. The van der Waals surface area contributed by atoms with Crippen molar-refractivity contribution in [2.45, 2.75) is 146 Å². The summed E-state index contributed by atoms with van der Waals surface area (Å²) in [5.41, 5.74) is -0.700. The third kappa shape index (κ3) is 37.4. The van der Waals surface area contributed by atoms with Crippen LogP contribution in [0, 0.1) is 5.41 Å². The molecular weight excluding hydrogens is 562 g/mol. The highest BCUT2D eigenvalue weighted by atomic mass is 16.5. The fourth-order valence-electron chi connectivity index (χ4n) is 3.38. The van der Waals surface area contributed by atoms with E-state index in [1.54, 1.807) is 0 Å². The number of allylic oxidation sites excluding steroid dienone is 10. The van der Waals surface area contributed by atoms with E-state index in [-0.39, 0.29) is 37.2 Å². The number of hydrogen-bond acceptors (Lipinski definition) is 5. The van der Waals surface area contributed by atoms with Gasteiger partial charge in [-0.3, -0.25) is 14.4 Å². The Morgan fingerprint density at radius 1 is 0.711 bits per heavy atom. The average Bonchev–Trinajstić information content (AvgIpc) is 3.03. The van der Waals surface area contributed by atoms with Gasteiger partial charge in [0.05, 0.1) is 6.61 Å². The van der Waals surface area contributed by atoms with Crippen molar-refractivity contribution < 1.29 is 23.9 Å². The van der Waals surface area contributed by atoms with Gasteiger partial charge in [-0.2, -0.15) is 0 Å². The summed E-state index contributed by atoms with van der Waals surface area (Å²) < 4.78 is 10.8. The first-order valence-electron chi connectivity index (χ1n) is 17.4. The Morgan fingerprint density at radius 2 is 1.16 bits per heavy atom. The van der Waals surface area contributed by atoms with Crippen LogP contribution < -0.4 is 5.32 Å². The summed E-state index contributed by atoms with van der Waals surface area (Å²) in [6.07, 6.45) is 30.5. The van der Waals surface area contributed by atoms with Crippen molar-refractivity contribution in [3.8, 4) is 0 Å². The first-order valence-corrected chi connectivity index (χ1v) is 17.4. The van der Waals surface area contributed by atoms with Gasteiger partial charge in [0.15, 0.2) is 0 Å². The van der Waals surface area contributed by atoms with Crippen molar-refractivity contribution in [3.63, 3.8) is 0 Å². The number of ether oxygens (including phenoxy) is 2. The van der Waals surface area contributed by atoms with Gasteiger partial charge in [-0.05, 0) is 51.9 Å². The van der Waals surface area contributed by atoms with Crippen molar-refractivity contribution in [2.75, 3.05) is 20.3 Å². The summed E-state index contributed by atoms with van der Waals surface area (Å²) in [6.45, 7) is 19.9. The van der Waals surface area contributed by atoms with Gasteiger partial charge in [0, 0.05) is 31.9 Å². The summed E-state index contributed by atoms with van der Waals surface area (Å²) >= 11 is 0. The molecule has 0 aromatic carbocycles. The first-order chi connectivity index (χ1) is 21.7. The van der Waals surface area contributed by atoms with Crippen LogP contribution in [0.1, 0.15) is 140 Å². The van der Waals surface area contributed by atoms with Crippen molar-refractivity contribution in [1.29, 1.82) is 0 Å². The number of rotatable bonds is 22. The lowest BCUT2D eigenvalue weighted by molar-refractivity contribution is -0.155. The molecule has 0 heterocycles. The molecule has 0 unspecified atom stereocenters. The lowest BCUT2D eigenvalue weighted by atomic mass is 9.86. The van der Waals surface area contributed by atoms with Crippen LogP contribution in [-0.2, 0) is 23.9 Å². The molecule has 0 radical (unpaired) electrons. The lowest BCUT2D eigenvalue weighted by Crippen LogP contribution is -2.47. The van der Waals surface area contributed by atoms with E-state index < -0.39 is 11.5 Å². The second kappa shape index (κ2) is 39.3. The van der Waals surface area contributed by atoms with E-state index in [9.17, 15) is 14.4 Å². The molecule has 1 N–H and O–H groups in total. The van der Waals surface area contributed by atoms with Crippen LogP contribution in [0.25, 0.3) is 0 Å². The number of methoxy groups -OCH3 is 1. The van der Waals surface area contributed by atoms with Crippen molar-refractivity contribution in [2.24, 2.45) is 5.41 Å². The minimum atomic E-state index is -0.784. The molecule has 0 aromatic heterocycles. The smallest absolute Gasteiger partial charge is 0.305 e. The first kappa shape index (κ1) is 49.2. The molecular formula is C39H71NO5. The van der Waals surface area contributed by atoms with E-state index in [2.05, 4.69) is 86.8 Å². The lowest BCUT2D eigenvalue weighted by Gasteiger charge is -2.31. The molecule has 0 aromatic rings. The van der Waals surface area contributed by atoms with Gasteiger partial charge >= 0.3 is 5.97 Å². The summed E-state index contributed by atoms with van der Waals surface area (Å²) in [5, 5.41) is 2.70. The van der Waals surface area contributed by atoms with Gasteiger partial charge < -0.3 is 14.8 Å². The molecule has 0 aliphatic rings. The van der Waals surface area contributed by atoms with Crippen molar-refractivity contribution in [3.05, 3.63) is 60.8 Å². The highest BCUT2D eigenvalue weighted by Gasteiger charge is 2.36. The van der Waals surface area contributed by atoms with Gasteiger partial charge in [0.2, 0.25) is 5.91 Å². The standard InChI is InChI=1S/C31H49NO5.C4H10.2C2H6/c1-6-7-8-9-10-11-12-13-14-15-16-17-18-19-20-21-22-23-28(34)37-26-31(3,4)29(36-5)30(35)32-25-24-27(2)33;1-3-4-2;2*1-2/h7-8,10-11,13-14,16-17,19-20,29H,6,9,12,15,18,21-26H2,1-5H3,(H,32,35);3-4H2,1-2H3;2*1-2H3/b8-7-,11-10-,14-13-,17-16-,20-19-;;;/t29-;;;/m0.../s1. The van der Waals surface area contributed by atoms with Crippen molar-refractivity contribution >= 4 is 17.7 Å². The molecule has 0 spiro atoms. The monoisotopic (exact) mass is 634 g/mol. The Hall–Kier alpha value is -2.73. The van der Waals surface area contributed by atoms with E-state index in [1.165, 1.54) is 26.9 Å². The zero-order valence-electron chi connectivity index (χ0n) is 31.1. The number of carbonyl (C=O) groups excluding carboxylic acids is 3. The fourth-order valence-corrected chi connectivity index (χ4v) is 3.38. The Balaban J connectivity index is -0.000000947. The number of ketones is 1. The molecule has 0 rings (SSSR count). The molecule has 0 saturated carbocycles.